The van der Waals surface area contributed by atoms with Gasteiger partial charge in [0, 0.05) is 23.2 Å². The van der Waals surface area contributed by atoms with E-state index in [0.29, 0.717) is 10.7 Å². The Morgan fingerprint density at radius 3 is 2.50 bits per heavy atom. The molecular formula is C21H20Cl4N2O3. The molecule has 0 spiro atoms. The van der Waals surface area contributed by atoms with Gasteiger partial charge in [-0.3, -0.25) is 9.59 Å². The van der Waals surface area contributed by atoms with Crippen molar-refractivity contribution in [2.75, 3.05) is 11.9 Å². The first-order valence-corrected chi connectivity index (χ1v) is 10.7. The Bertz CT molecular complexity index is 974. The summed E-state index contributed by atoms with van der Waals surface area (Å²) in [5.41, 5.74) is 2.29. The highest BCUT2D eigenvalue weighted by molar-refractivity contribution is 6.53. The number of hydrogen-bond acceptors (Lipinski definition) is 3. The largest absolute Gasteiger partial charge is 0.392 e. The summed E-state index contributed by atoms with van der Waals surface area (Å²) in [6, 6.07) is 10.0. The van der Waals surface area contributed by atoms with Crippen LogP contribution in [0.1, 0.15) is 34.3 Å². The third-order valence-electron chi connectivity index (χ3n) is 4.80. The van der Waals surface area contributed by atoms with Crippen LogP contribution in [0.5, 0.6) is 0 Å². The van der Waals surface area contributed by atoms with Gasteiger partial charge in [0.05, 0.1) is 22.6 Å². The lowest BCUT2D eigenvalue weighted by Crippen LogP contribution is -2.30. The molecular weight excluding hydrogens is 470 g/mol. The van der Waals surface area contributed by atoms with Crippen molar-refractivity contribution in [2.45, 2.75) is 30.2 Å². The molecule has 0 heterocycles. The molecule has 1 fully saturated rings. The number of aliphatic hydroxyl groups is 1. The summed E-state index contributed by atoms with van der Waals surface area (Å²) in [5.74, 6) is -1.92. The number of hydrogen-bond donors (Lipinski definition) is 3. The molecule has 0 aliphatic heterocycles. The van der Waals surface area contributed by atoms with Crippen LogP contribution >= 0.6 is 46.4 Å². The van der Waals surface area contributed by atoms with Gasteiger partial charge >= 0.3 is 0 Å². The lowest BCUT2D eigenvalue weighted by atomic mass is 10.1. The number of alkyl halides is 2. The van der Waals surface area contributed by atoms with Crippen molar-refractivity contribution in [3.8, 4) is 0 Å². The monoisotopic (exact) mass is 488 g/mol. The highest BCUT2D eigenvalue weighted by Gasteiger charge is 2.67. The molecule has 3 rings (SSSR count). The van der Waals surface area contributed by atoms with Gasteiger partial charge in [-0.05, 0) is 55.3 Å². The maximum atomic E-state index is 12.8. The average Bonchev–Trinajstić information content (AvgIpc) is 3.22. The minimum absolute atomic E-state index is 0.0789. The second kappa shape index (κ2) is 8.93. The van der Waals surface area contributed by atoms with Crippen LogP contribution in [0.4, 0.5) is 5.69 Å². The zero-order chi connectivity index (χ0) is 22.2. The van der Waals surface area contributed by atoms with Gasteiger partial charge in [-0.2, -0.15) is 0 Å². The smallest absolute Gasteiger partial charge is 0.252 e. The van der Waals surface area contributed by atoms with Crippen molar-refractivity contribution in [3.05, 3.63) is 63.1 Å². The van der Waals surface area contributed by atoms with E-state index in [1.807, 2.05) is 19.1 Å². The van der Waals surface area contributed by atoms with Gasteiger partial charge in [0.2, 0.25) is 5.91 Å². The summed E-state index contributed by atoms with van der Waals surface area (Å²) in [5, 5.41) is 15.4. The normalized spacial score (nSPS) is 20.4. The second-order valence-electron chi connectivity index (χ2n) is 7.43. The zero-order valence-corrected chi connectivity index (χ0v) is 19.2. The first-order valence-electron chi connectivity index (χ1n) is 9.22. The summed E-state index contributed by atoms with van der Waals surface area (Å²) in [7, 11) is 0. The zero-order valence-electron chi connectivity index (χ0n) is 16.2. The summed E-state index contributed by atoms with van der Waals surface area (Å²) >= 11 is 25.0. The van der Waals surface area contributed by atoms with Gasteiger partial charge in [0.1, 0.15) is 4.33 Å². The van der Waals surface area contributed by atoms with Crippen molar-refractivity contribution in [3.63, 3.8) is 0 Å². The van der Waals surface area contributed by atoms with Gasteiger partial charge < -0.3 is 15.7 Å². The first-order chi connectivity index (χ1) is 14.0. The number of benzene rings is 2. The lowest BCUT2D eigenvalue weighted by molar-refractivity contribution is -0.117. The average molecular weight is 490 g/mol. The molecule has 3 atom stereocenters. The third-order valence-corrected chi connectivity index (χ3v) is 6.28. The fourth-order valence-electron chi connectivity index (χ4n) is 3.34. The first kappa shape index (κ1) is 23.2. The van der Waals surface area contributed by atoms with Crippen molar-refractivity contribution in [1.82, 2.24) is 5.32 Å². The molecule has 5 nitrogen and oxygen atoms in total. The SMILES string of the molecule is Cc1cc(Cl)cc(C2C(C(=O)Nc3ccc(Cl)c(C(=O)NCC(C)O)c3)C2(Cl)Cl)c1. The van der Waals surface area contributed by atoms with Gasteiger partial charge in [-0.1, -0.05) is 29.3 Å². The van der Waals surface area contributed by atoms with Gasteiger partial charge in [0.15, 0.2) is 0 Å². The molecule has 160 valence electrons. The van der Waals surface area contributed by atoms with Crippen LogP contribution in [-0.4, -0.2) is 33.9 Å². The molecule has 3 N–H and O–H groups in total. The van der Waals surface area contributed by atoms with Gasteiger partial charge in [-0.25, -0.2) is 0 Å². The molecule has 30 heavy (non-hydrogen) atoms. The molecule has 2 aromatic rings. The highest BCUT2D eigenvalue weighted by Crippen LogP contribution is 2.65. The van der Waals surface area contributed by atoms with E-state index in [0.717, 1.165) is 11.1 Å². The van der Waals surface area contributed by atoms with E-state index in [9.17, 15) is 14.7 Å². The van der Waals surface area contributed by atoms with E-state index in [2.05, 4.69) is 10.6 Å². The predicted octanol–water partition coefficient (Wildman–Crippen LogP) is 4.94. The van der Waals surface area contributed by atoms with Crippen LogP contribution in [0.2, 0.25) is 10.0 Å². The van der Waals surface area contributed by atoms with Gasteiger partial charge in [0.25, 0.3) is 5.91 Å². The Balaban J connectivity index is 1.76. The molecule has 3 unspecified atom stereocenters. The number of carbonyl (C=O) groups excluding carboxylic acids is 2. The fraction of sp³-hybridized carbons (Fsp3) is 0.333. The van der Waals surface area contributed by atoms with Crippen LogP contribution in [0, 0.1) is 12.8 Å². The van der Waals surface area contributed by atoms with E-state index in [1.165, 1.54) is 12.1 Å². The molecule has 1 saturated carbocycles. The van der Waals surface area contributed by atoms with Crippen LogP contribution in [-0.2, 0) is 4.79 Å². The highest BCUT2D eigenvalue weighted by atomic mass is 35.5. The standard InChI is InChI=1S/C21H20Cl4N2O3/c1-10-5-12(7-13(22)6-10)17-18(21(17,24)25)20(30)27-14-3-4-16(23)15(8-14)19(29)26-9-11(2)28/h3-8,11,17-18,28H,9H2,1-2H3,(H,26,29)(H,27,30). The minimum Gasteiger partial charge on any atom is -0.392 e. The second-order valence-corrected chi connectivity index (χ2v) is 9.72. The predicted molar refractivity (Wildman–Crippen MR) is 121 cm³/mol. The van der Waals surface area contributed by atoms with E-state index in [4.69, 9.17) is 46.4 Å². The molecule has 0 bridgehead atoms. The van der Waals surface area contributed by atoms with Crippen LogP contribution in [0.3, 0.4) is 0 Å². The molecule has 9 heteroatoms. The number of halogens is 4. The topological polar surface area (TPSA) is 78.4 Å². The van der Waals surface area contributed by atoms with E-state index in [1.54, 1.807) is 19.1 Å². The van der Waals surface area contributed by atoms with Crippen molar-refractivity contribution >= 4 is 63.9 Å². The van der Waals surface area contributed by atoms with Crippen molar-refractivity contribution in [2.24, 2.45) is 5.92 Å². The Morgan fingerprint density at radius 1 is 1.17 bits per heavy atom. The van der Waals surface area contributed by atoms with Crippen molar-refractivity contribution in [1.29, 1.82) is 0 Å². The lowest BCUT2D eigenvalue weighted by Gasteiger charge is -2.11. The number of amides is 2. The Labute approximate surface area is 194 Å². The van der Waals surface area contributed by atoms with Crippen molar-refractivity contribution < 1.29 is 14.7 Å². The summed E-state index contributed by atoms with van der Waals surface area (Å²) < 4.78 is -1.26. The van der Waals surface area contributed by atoms with E-state index >= 15 is 0 Å². The molecule has 1 aliphatic rings. The summed E-state index contributed by atoms with van der Waals surface area (Å²) in [4.78, 5) is 25.1. The fourth-order valence-corrected chi connectivity index (χ4v) is 4.67. The van der Waals surface area contributed by atoms with Gasteiger partial charge in [-0.15, -0.1) is 23.2 Å². The Hall–Kier alpha value is -1.50. The van der Waals surface area contributed by atoms with Crippen LogP contribution in [0.15, 0.2) is 36.4 Å². The van der Waals surface area contributed by atoms with E-state index in [-0.39, 0.29) is 23.0 Å². The minimum atomic E-state index is -1.26. The molecule has 2 aromatic carbocycles. The third kappa shape index (κ3) is 5.04. The van der Waals surface area contributed by atoms with E-state index < -0.39 is 28.2 Å². The quantitative estimate of drug-likeness (QED) is 0.503. The molecule has 0 aromatic heterocycles. The number of carbonyl (C=O) groups is 2. The number of nitrogens with one attached hydrogen (secondary N) is 2. The molecule has 0 radical (unpaired) electrons. The van der Waals surface area contributed by atoms with Crippen LogP contribution in [0.25, 0.3) is 0 Å². The Morgan fingerprint density at radius 2 is 1.87 bits per heavy atom. The summed E-state index contributed by atoms with van der Waals surface area (Å²) in [6.45, 7) is 3.53. The molecule has 0 saturated heterocycles. The number of anilines is 1. The number of aryl methyl sites for hydroxylation is 1. The maximum absolute atomic E-state index is 12.8. The van der Waals surface area contributed by atoms with Crippen LogP contribution < -0.4 is 10.6 Å². The molecule has 1 aliphatic carbocycles. The maximum Gasteiger partial charge on any atom is 0.252 e. The molecule has 2 amide bonds. The summed E-state index contributed by atoms with van der Waals surface area (Å²) in [6.07, 6.45) is -0.696. The number of rotatable bonds is 6. The number of aliphatic hydroxyl groups excluding tert-OH is 1. The Kier molecular flexibility index (Phi) is 6.90.